The van der Waals surface area contributed by atoms with Gasteiger partial charge in [0.25, 0.3) is 5.69 Å². The monoisotopic (exact) mass is 264 g/mol. The van der Waals surface area contributed by atoms with Crippen molar-refractivity contribution in [1.29, 1.82) is 0 Å². The van der Waals surface area contributed by atoms with E-state index >= 15 is 0 Å². The van der Waals surface area contributed by atoms with Crippen molar-refractivity contribution in [2.75, 3.05) is 6.54 Å². The Bertz CT molecular complexity index is 376. The van der Waals surface area contributed by atoms with Gasteiger partial charge in [0.2, 0.25) is 0 Å². The number of nitro groups is 1. The van der Waals surface area contributed by atoms with Crippen LogP contribution in [0.4, 0.5) is 5.69 Å². The van der Waals surface area contributed by atoms with Crippen LogP contribution in [-0.2, 0) is 6.42 Å². The Kier molecular flexibility index (Phi) is 7.11. The van der Waals surface area contributed by atoms with Crippen molar-refractivity contribution in [3.63, 3.8) is 0 Å². The van der Waals surface area contributed by atoms with Crippen molar-refractivity contribution in [3.05, 3.63) is 39.9 Å². The van der Waals surface area contributed by atoms with Crippen LogP contribution in [0.25, 0.3) is 0 Å². The maximum absolute atomic E-state index is 10.6. The van der Waals surface area contributed by atoms with Crippen LogP contribution >= 0.6 is 0 Å². The molecule has 1 unspecified atom stereocenters. The van der Waals surface area contributed by atoms with Crippen LogP contribution in [0.2, 0.25) is 0 Å². The zero-order chi connectivity index (χ0) is 14.1. The summed E-state index contributed by atoms with van der Waals surface area (Å²) in [5, 5.41) is 14.1. The molecule has 4 heteroatoms. The van der Waals surface area contributed by atoms with Crippen LogP contribution in [0.3, 0.4) is 0 Å². The molecule has 0 aliphatic heterocycles. The molecule has 1 rings (SSSR count). The number of nitrogens with one attached hydrogen (secondary N) is 1. The minimum atomic E-state index is -0.354. The summed E-state index contributed by atoms with van der Waals surface area (Å²) in [4.78, 5) is 10.3. The first kappa shape index (κ1) is 15.6. The number of nitrogens with zero attached hydrogens (tertiary/aromatic N) is 1. The first-order valence-electron chi connectivity index (χ1n) is 7.14. The second-order valence-corrected chi connectivity index (χ2v) is 4.88. The predicted molar refractivity (Wildman–Crippen MR) is 78.4 cm³/mol. The molecule has 1 atom stereocenters. The average molecular weight is 264 g/mol. The molecule has 4 nitrogen and oxygen atoms in total. The molecule has 0 aliphatic rings. The third-order valence-electron chi connectivity index (χ3n) is 3.28. The number of hydrogen-bond donors (Lipinski definition) is 1. The Labute approximate surface area is 115 Å². The molecule has 0 aromatic heterocycles. The second-order valence-electron chi connectivity index (χ2n) is 4.88. The first-order valence-corrected chi connectivity index (χ1v) is 7.14. The van der Waals surface area contributed by atoms with E-state index < -0.39 is 0 Å². The highest BCUT2D eigenvalue weighted by atomic mass is 16.6. The highest BCUT2D eigenvalue weighted by Gasteiger charge is 2.10. The zero-order valence-corrected chi connectivity index (χ0v) is 11.9. The lowest BCUT2D eigenvalue weighted by Crippen LogP contribution is -2.30. The highest BCUT2D eigenvalue weighted by Crippen LogP contribution is 2.15. The smallest absolute Gasteiger partial charge is 0.269 e. The first-order chi connectivity index (χ1) is 9.17. The van der Waals surface area contributed by atoms with E-state index in [1.807, 2.05) is 12.1 Å². The van der Waals surface area contributed by atoms with Crippen LogP contribution in [0, 0.1) is 10.1 Å². The van der Waals surface area contributed by atoms with Gasteiger partial charge in [-0.2, -0.15) is 0 Å². The van der Waals surface area contributed by atoms with Gasteiger partial charge in [-0.05, 0) is 24.9 Å². The van der Waals surface area contributed by atoms with Gasteiger partial charge >= 0.3 is 0 Å². The number of nitro benzene ring substituents is 1. The molecule has 1 aromatic rings. The molecule has 1 aromatic carbocycles. The Hall–Kier alpha value is -1.42. The topological polar surface area (TPSA) is 55.2 Å². The molecule has 0 radical (unpaired) electrons. The van der Waals surface area contributed by atoms with E-state index in [4.69, 9.17) is 0 Å². The molecule has 0 saturated heterocycles. The molecule has 19 heavy (non-hydrogen) atoms. The molecule has 1 N–H and O–H groups in total. The fraction of sp³-hybridized carbons (Fsp3) is 0.600. The largest absolute Gasteiger partial charge is 0.314 e. The van der Waals surface area contributed by atoms with Gasteiger partial charge in [0.15, 0.2) is 0 Å². The summed E-state index contributed by atoms with van der Waals surface area (Å²) < 4.78 is 0. The van der Waals surface area contributed by atoms with Crippen LogP contribution < -0.4 is 5.32 Å². The van der Waals surface area contributed by atoms with Crippen molar-refractivity contribution < 1.29 is 4.92 Å². The lowest BCUT2D eigenvalue weighted by atomic mass is 10.00. The van der Waals surface area contributed by atoms with Gasteiger partial charge < -0.3 is 5.32 Å². The number of benzene rings is 1. The zero-order valence-electron chi connectivity index (χ0n) is 11.9. The van der Waals surface area contributed by atoms with Crippen molar-refractivity contribution in [3.8, 4) is 0 Å². The average Bonchev–Trinajstić information content (AvgIpc) is 2.40. The molecule has 0 aliphatic carbocycles. The Balaban J connectivity index is 2.54. The summed E-state index contributed by atoms with van der Waals surface area (Å²) in [7, 11) is 0. The van der Waals surface area contributed by atoms with Crippen LogP contribution in [0.5, 0.6) is 0 Å². The van der Waals surface area contributed by atoms with E-state index in [2.05, 4.69) is 19.2 Å². The molecular formula is C15H24N2O2. The predicted octanol–water partition coefficient (Wildman–Crippen LogP) is 3.70. The summed E-state index contributed by atoms with van der Waals surface area (Å²) in [5.41, 5.74) is 1.32. The van der Waals surface area contributed by atoms with Gasteiger partial charge in [0.05, 0.1) is 4.92 Å². The third kappa shape index (κ3) is 5.83. The van der Waals surface area contributed by atoms with Crippen LogP contribution in [0.1, 0.15) is 45.1 Å². The maximum Gasteiger partial charge on any atom is 0.269 e. The van der Waals surface area contributed by atoms with E-state index in [0.717, 1.165) is 18.5 Å². The van der Waals surface area contributed by atoms with Crippen molar-refractivity contribution in [1.82, 2.24) is 5.32 Å². The molecule has 0 amide bonds. The summed E-state index contributed by atoms with van der Waals surface area (Å²) in [6.07, 6.45) is 5.84. The van der Waals surface area contributed by atoms with Crippen molar-refractivity contribution in [2.45, 2.75) is 52.0 Å². The summed E-state index contributed by atoms with van der Waals surface area (Å²) in [6, 6.07) is 7.37. The Morgan fingerprint density at radius 3 is 2.42 bits per heavy atom. The van der Waals surface area contributed by atoms with Crippen LogP contribution in [-0.4, -0.2) is 17.5 Å². The molecule has 0 fully saturated rings. The Morgan fingerprint density at radius 1 is 1.21 bits per heavy atom. The number of unbranched alkanes of at least 4 members (excludes halogenated alkanes) is 2. The minimum absolute atomic E-state index is 0.162. The molecule has 0 heterocycles. The van der Waals surface area contributed by atoms with E-state index in [9.17, 15) is 10.1 Å². The van der Waals surface area contributed by atoms with Crippen LogP contribution in [0.15, 0.2) is 24.3 Å². The van der Waals surface area contributed by atoms with Gasteiger partial charge in [0.1, 0.15) is 0 Å². The molecular weight excluding hydrogens is 240 g/mol. The normalized spacial score (nSPS) is 12.3. The number of non-ortho nitro benzene ring substituents is 1. The van der Waals surface area contributed by atoms with E-state index in [0.29, 0.717) is 6.04 Å². The SMILES string of the molecule is CCCCCC(Cc1ccc([N+](=O)[O-])cc1)NCC. The van der Waals surface area contributed by atoms with Crippen molar-refractivity contribution >= 4 is 5.69 Å². The standard InChI is InChI=1S/C15H24N2O2/c1-3-5-6-7-14(16-4-2)12-13-8-10-15(11-9-13)17(18)19/h8-11,14,16H,3-7,12H2,1-2H3. The molecule has 106 valence electrons. The molecule has 0 spiro atoms. The quantitative estimate of drug-likeness (QED) is 0.420. The van der Waals surface area contributed by atoms with Gasteiger partial charge in [0, 0.05) is 18.2 Å². The van der Waals surface area contributed by atoms with E-state index in [1.165, 1.54) is 25.7 Å². The number of rotatable bonds is 9. The van der Waals surface area contributed by atoms with E-state index in [-0.39, 0.29) is 10.6 Å². The minimum Gasteiger partial charge on any atom is -0.314 e. The fourth-order valence-corrected chi connectivity index (χ4v) is 2.24. The third-order valence-corrected chi connectivity index (χ3v) is 3.28. The lowest BCUT2D eigenvalue weighted by Gasteiger charge is -2.17. The van der Waals surface area contributed by atoms with E-state index in [1.54, 1.807) is 12.1 Å². The summed E-state index contributed by atoms with van der Waals surface area (Å²) in [5.74, 6) is 0. The Morgan fingerprint density at radius 2 is 1.89 bits per heavy atom. The second kappa shape index (κ2) is 8.64. The van der Waals surface area contributed by atoms with Gasteiger partial charge in [-0.1, -0.05) is 45.2 Å². The summed E-state index contributed by atoms with van der Waals surface area (Å²) >= 11 is 0. The maximum atomic E-state index is 10.6. The highest BCUT2D eigenvalue weighted by molar-refractivity contribution is 5.33. The number of hydrogen-bond acceptors (Lipinski definition) is 3. The number of likely N-dealkylation sites (N-methyl/N-ethyl adjacent to an activating group) is 1. The van der Waals surface area contributed by atoms with Crippen molar-refractivity contribution in [2.24, 2.45) is 0 Å². The molecule has 0 bridgehead atoms. The molecule has 0 saturated carbocycles. The lowest BCUT2D eigenvalue weighted by molar-refractivity contribution is -0.384. The van der Waals surface area contributed by atoms with Gasteiger partial charge in [-0.3, -0.25) is 10.1 Å². The fourth-order valence-electron chi connectivity index (χ4n) is 2.24. The van der Waals surface area contributed by atoms with Gasteiger partial charge in [-0.15, -0.1) is 0 Å². The van der Waals surface area contributed by atoms with Gasteiger partial charge in [-0.25, -0.2) is 0 Å². The summed E-state index contributed by atoms with van der Waals surface area (Å²) in [6.45, 7) is 5.28.